The Morgan fingerprint density at radius 2 is 2.00 bits per heavy atom. The van der Waals surface area contributed by atoms with Gasteiger partial charge in [-0.1, -0.05) is 0 Å². The zero-order valence-electron chi connectivity index (χ0n) is 7.92. The van der Waals surface area contributed by atoms with E-state index in [1.165, 1.54) is 11.1 Å². The van der Waals surface area contributed by atoms with Crippen LogP contribution in [0.15, 0.2) is 11.1 Å². The summed E-state index contributed by atoms with van der Waals surface area (Å²) in [6, 6.07) is 0. The van der Waals surface area contributed by atoms with E-state index in [0.29, 0.717) is 19.8 Å². The first-order valence-electron chi connectivity index (χ1n) is 4.09. The first kappa shape index (κ1) is 9.71. The van der Waals surface area contributed by atoms with Crippen LogP contribution in [-0.4, -0.2) is 40.1 Å². The Morgan fingerprint density at radius 3 is 2.58 bits per heavy atom. The zero-order chi connectivity index (χ0) is 8.97. The molecule has 0 saturated heterocycles. The van der Waals surface area contributed by atoms with Crippen LogP contribution < -0.4 is 0 Å². The monoisotopic (exact) mass is 172 g/mol. The van der Waals surface area contributed by atoms with Gasteiger partial charge in [0.05, 0.1) is 25.9 Å². The van der Waals surface area contributed by atoms with E-state index in [1.807, 2.05) is 6.92 Å². The number of hydrogen-bond acceptors (Lipinski definition) is 3. The molecule has 1 atom stereocenters. The third-order valence-electron chi connectivity index (χ3n) is 2.07. The molecule has 70 valence electrons. The molecule has 0 radical (unpaired) electrons. The SMILES string of the molecule is COCC1=C(COC)C(C)OC1. The molecule has 3 heteroatoms. The Labute approximate surface area is 73.3 Å². The maximum Gasteiger partial charge on any atom is 0.0787 e. The quantitative estimate of drug-likeness (QED) is 0.592. The van der Waals surface area contributed by atoms with Crippen molar-refractivity contribution in [1.29, 1.82) is 0 Å². The molecule has 0 aromatic heterocycles. The molecule has 0 spiro atoms. The van der Waals surface area contributed by atoms with Crippen molar-refractivity contribution < 1.29 is 14.2 Å². The molecule has 0 fully saturated rings. The highest BCUT2D eigenvalue weighted by molar-refractivity contribution is 5.23. The molecule has 12 heavy (non-hydrogen) atoms. The number of ether oxygens (including phenoxy) is 3. The van der Waals surface area contributed by atoms with Gasteiger partial charge in [-0.05, 0) is 18.1 Å². The van der Waals surface area contributed by atoms with E-state index in [4.69, 9.17) is 14.2 Å². The maximum atomic E-state index is 5.45. The molecular weight excluding hydrogens is 156 g/mol. The van der Waals surface area contributed by atoms with Crippen LogP contribution in [0, 0.1) is 0 Å². The van der Waals surface area contributed by atoms with E-state index in [1.54, 1.807) is 14.2 Å². The minimum absolute atomic E-state index is 0.190. The highest BCUT2D eigenvalue weighted by atomic mass is 16.5. The van der Waals surface area contributed by atoms with Crippen molar-refractivity contribution in [2.75, 3.05) is 34.0 Å². The molecule has 1 aliphatic heterocycles. The lowest BCUT2D eigenvalue weighted by Gasteiger charge is -2.07. The Balaban J connectivity index is 2.61. The van der Waals surface area contributed by atoms with E-state index in [-0.39, 0.29) is 6.10 Å². The van der Waals surface area contributed by atoms with E-state index in [9.17, 15) is 0 Å². The van der Waals surface area contributed by atoms with Crippen molar-refractivity contribution in [2.24, 2.45) is 0 Å². The van der Waals surface area contributed by atoms with Crippen LogP contribution in [0.3, 0.4) is 0 Å². The molecule has 1 aliphatic rings. The molecule has 1 rings (SSSR count). The van der Waals surface area contributed by atoms with Crippen LogP contribution in [0.5, 0.6) is 0 Å². The second-order valence-corrected chi connectivity index (χ2v) is 2.95. The fraction of sp³-hybridized carbons (Fsp3) is 0.778. The second kappa shape index (κ2) is 4.60. The van der Waals surface area contributed by atoms with Crippen molar-refractivity contribution in [3.05, 3.63) is 11.1 Å². The number of hydrogen-bond donors (Lipinski definition) is 0. The summed E-state index contributed by atoms with van der Waals surface area (Å²) in [5.41, 5.74) is 2.46. The van der Waals surface area contributed by atoms with Crippen molar-refractivity contribution in [3.63, 3.8) is 0 Å². The standard InChI is InChI=1S/C9H16O3/c1-7-9(6-11-3)8(4-10-2)5-12-7/h7H,4-6H2,1-3H3. The number of rotatable bonds is 4. The summed E-state index contributed by atoms with van der Waals surface area (Å²) in [6.07, 6.45) is 0.190. The highest BCUT2D eigenvalue weighted by Crippen LogP contribution is 2.21. The molecule has 1 heterocycles. The molecule has 0 aromatic carbocycles. The Kier molecular flexibility index (Phi) is 3.72. The summed E-state index contributed by atoms with van der Waals surface area (Å²) >= 11 is 0. The zero-order valence-corrected chi connectivity index (χ0v) is 7.92. The summed E-state index contributed by atoms with van der Waals surface area (Å²) in [4.78, 5) is 0. The van der Waals surface area contributed by atoms with Crippen LogP contribution >= 0.6 is 0 Å². The Hall–Kier alpha value is -0.380. The summed E-state index contributed by atoms with van der Waals surface area (Å²) in [5.74, 6) is 0. The highest BCUT2D eigenvalue weighted by Gasteiger charge is 2.21. The molecular formula is C9H16O3. The van der Waals surface area contributed by atoms with Crippen molar-refractivity contribution in [1.82, 2.24) is 0 Å². The van der Waals surface area contributed by atoms with Crippen LogP contribution in [0.4, 0.5) is 0 Å². The molecule has 0 aromatic rings. The van der Waals surface area contributed by atoms with Gasteiger partial charge in [0.2, 0.25) is 0 Å². The van der Waals surface area contributed by atoms with Crippen molar-refractivity contribution in [3.8, 4) is 0 Å². The summed E-state index contributed by atoms with van der Waals surface area (Å²) in [7, 11) is 3.39. The van der Waals surface area contributed by atoms with Crippen molar-refractivity contribution in [2.45, 2.75) is 13.0 Å². The van der Waals surface area contributed by atoms with Crippen LogP contribution in [0.1, 0.15) is 6.92 Å². The number of methoxy groups -OCH3 is 2. The molecule has 0 N–H and O–H groups in total. The molecule has 3 nitrogen and oxygen atoms in total. The van der Waals surface area contributed by atoms with E-state index >= 15 is 0 Å². The van der Waals surface area contributed by atoms with Gasteiger partial charge in [-0.25, -0.2) is 0 Å². The predicted octanol–water partition coefficient (Wildman–Crippen LogP) is 0.995. The van der Waals surface area contributed by atoms with Gasteiger partial charge in [0.15, 0.2) is 0 Å². The third kappa shape index (κ3) is 2.06. The third-order valence-corrected chi connectivity index (χ3v) is 2.07. The molecule has 0 amide bonds. The summed E-state index contributed by atoms with van der Waals surface area (Å²) in [6.45, 7) is 4.04. The Bertz CT molecular complexity index is 175. The maximum absolute atomic E-state index is 5.45. The minimum Gasteiger partial charge on any atom is -0.380 e. The van der Waals surface area contributed by atoms with Crippen molar-refractivity contribution >= 4 is 0 Å². The molecule has 1 unspecified atom stereocenters. The molecule has 0 aliphatic carbocycles. The average Bonchev–Trinajstić information content (AvgIpc) is 2.37. The lowest BCUT2D eigenvalue weighted by Crippen LogP contribution is -2.09. The Morgan fingerprint density at radius 1 is 1.33 bits per heavy atom. The normalized spacial score (nSPS) is 23.8. The minimum atomic E-state index is 0.190. The largest absolute Gasteiger partial charge is 0.380 e. The average molecular weight is 172 g/mol. The smallest absolute Gasteiger partial charge is 0.0787 e. The first-order valence-corrected chi connectivity index (χ1v) is 4.09. The van der Waals surface area contributed by atoms with Crippen LogP contribution in [0.25, 0.3) is 0 Å². The van der Waals surface area contributed by atoms with Gasteiger partial charge in [0, 0.05) is 14.2 Å². The molecule has 0 bridgehead atoms. The second-order valence-electron chi connectivity index (χ2n) is 2.95. The fourth-order valence-electron chi connectivity index (χ4n) is 1.39. The lowest BCUT2D eigenvalue weighted by molar-refractivity contribution is 0.116. The van der Waals surface area contributed by atoms with Gasteiger partial charge in [-0.3, -0.25) is 0 Å². The van der Waals surface area contributed by atoms with Gasteiger partial charge in [0.25, 0.3) is 0 Å². The van der Waals surface area contributed by atoms with Gasteiger partial charge in [-0.15, -0.1) is 0 Å². The van der Waals surface area contributed by atoms with Gasteiger partial charge in [0.1, 0.15) is 0 Å². The van der Waals surface area contributed by atoms with E-state index in [2.05, 4.69) is 0 Å². The summed E-state index contributed by atoms with van der Waals surface area (Å²) in [5, 5.41) is 0. The van der Waals surface area contributed by atoms with Gasteiger partial charge >= 0.3 is 0 Å². The summed E-state index contributed by atoms with van der Waals surface area (Å²) < 4.78 is 15.6. The topological polar surface area (TPSA) is 27.7 Å². The predicted molar refractivity (Wildman–Crippen MR) is 46.2 cm³/mol. The fourth-order valence-corrected chi connectivity index (χ4v) is 1.39. The van der Waals surface area contributed by atoms with Gasteiger partial charge < -0.3 is 14.2 Å². The lowest BCUT2D eigenvalue weighted by atomic mass is 10.1. The van der Waals surface area contributed by atoms with Gasteiger partial charge in [-0.2, -0.15) is 0 Å². The van der Waals surface area contributed by atoms with E-state index < -0.39 is 0 Å². The van der Waals surface area contributed by atoms with Crippen LogP contribution in [-0.2, 0) is 14.2 Å². The van der Waals surface area contributed by atoms with Crippen LogP contribution in [0.2, 0.25) is 0 Å². The molecule has 0 saturated carbocycles. The first-order chi connectivity index (χ1) is 5.79. The van der Waals surface area contributed by atoms with E-state index in [0.717, 1.165) is 0 Å².